The van der Waals surface area contributed by atoms with E-state index >= 15 is 0 Å². The Labute approximate surface area is 132 Å². The van der Waals surface area contributed by atoms with E-state index in [1.807, 2.05) is 30.3 Å². The van der Waals surface area contributed by atoms with Crippen LogP contribution in [-0.4, -0.2) is 17.8 Å². The van der Waals surface area contributed by atoms with E-state index in [9.17, 15) is 9.18 Å². The maximum Gasteiger partial charge on any atom is 0.253 e. The lowest BCUT2D eigenvalue weighted by molar-refractivity contribution is 0.0940. The zero-order valence-corrected chi connectivity index (χ0v) is 12.7. The zero-order valence-electron chi connectivity index (χ0n) is 11.2. The largest absolute Gasteiger partial charge is 0.348 e. The van der Waals surface area contributed by atoms with Crippen LogP contribution < -0.4 is 5.32 Å². The van der Waals surface area contributed by atoms with Gasteiger partial charge in [-0.2, -0.15) is 0 Å². The summed E-state index contributed by atoms with van der Waals surface area (Å²) in [5.74, 6) is -0.560. The van der Waals surface area contributed by atoms with Crippen LogP contribution in [-0.2, 0) is 6.42 Å². The summed E-state index contributed by atoms with van der Waals surface area (Å²) in [6.07, 6.45) is 0.620. The fourth-order valence-corrected chi connectivity index (χ4v) is 2.42. The molecule has 0 bridgehead atoms. The Morgan fingerprint density at radius 2 is 1.90 bits per heavy atom. The Kier molecular flexibility index (Phi) is 5.59. The highest BCUT2D eigenvalue weighted by Gasteiger charge is 2.16. The minimum atomic E-state index is -0.477. The number of carbonyl (C=O) groups is 1. The number of halogens is 3. The average Bonchev–Trinajstić information content (AvgIpc) is 2.47. The molecule has 0 aliphatic heterocycles. The molecule has 0 saturated heterocycles. The third-order valence-corrected chi connectivity index (χ3v) is 3.71. The predicted octanol–water partition coefficient (Wildman–Crippen LogP) is 4.06. The third-order valence-electron chi connectivity index (χ3n) is 3.02. The molecular formula is C16H14Cl2FNO. The third kappa shape index (κ3) is 4.45. The molecule has 0 saturated carbocycles. The van der Waals surface area contributed by atoms with Crippen LogP contribution >= 0.6 is 23.2 Å². The van der Waals surface area contributed by atoms with Crippen molar-refractivity contribution >= 4 is 29.1 Å². The van der Waals surface area contributed by atoms with Crippen LogP contribution in [0.4, 0.5) is 4.39 Å². The SMILES string of the molecule is O=C(NC(CCl)Cc1ccccc1)c1ccc(F)cc1Cl. The molecule has 110 valence electrons. The van der Waals surface area contributed by atoms with Gasteiger partial charge in [-0.1, -0.05) is 41.9 Å². The number of hydrogen-bond acceptors (Lipinski definition) is 1. The number of rotatable bonds is 5. The highest BCUT2D eigenvalue weighted by molar-refractivity contribution is 6.33. The lowest BCUT2D eigenvalue weighted by Crippen LogP contribution is -2.37. The summed E-state index contributed by atoms with van der Waals surface area (Å²) in [5.41, 5.74) is 1.31. The van der Waals surface area contributed by atoms with Crippen molar-refractivity contribution in [2.45, 2.75) is 12.5 Å². The van der Waals surface area contributed by atoms with Gasteiger partial charge in [0.05, 0.1) is 10.6 Å². The molecule has 0 spiro atoms. The van der Waals surface area contributed by atoms with Crippen molar-refractivity contribution in [2.24, 2.45) is 0 Å². The summed E-state index contributed by atoms with van der Waals surface area (Å²) in [6, 6.07) is 13.2. The fourth-order valence-electron chi connectivity index (χ4n) is 1.98. The summed E-state index contributed by atoms with van der Waals surface area (Å²) in [4.78, 5) is 12.2. The topological polar surface area (TPSA) is 29.1 Å². The van der Waals surface area contributed by atoms with Gasteiger partial charge in [-0.15, -0.1) is 11.6 Å². The minimum Gasteiger partial charge on any atom is -0.348 e. The van der Waals surface area contributed by atoms with Crippen molar-refractivity contribution < 1.29 is 9.18 Å². The predicted molar refractivity (Wildman–Crippen MR) is 83.5 cm³/mol. The van der Waals surface area contributed by atoms with E-state index in [1.165, 1.54) is 12.1 Å². The summed E-state index contributed by atoms with van der Waals surface area (Å²) < 4.78 is 13.0. The van der Waals surface area contributed by atoms with Crippen LogP contribution in [0.3, 0.4) is 0 Å². The van der Waals surface area contributed by atoms with Crippen LogP contribution in [0.25, 0.3) is 0 Å². The molecule has 21 heavy (non-hydrogen) atoms. The van der Waals surface area contributed by atoms with E-state index in [1.54, 1.807) is 0 Å². The van der Waals surface area contributed by atoms with Gasteiger partial charge in [-0.3, -0.25) is 4.79 Å². The first-order chi connectivity index (χ1) is 10.1. The molecule has 0 aliphatic carbocycles. The number of hydrogen-bond donors (Lipinski definition) is 1. The smallest absolute Gasteiger partial charge is 0.253 e. The van der Waals surface area contributed by atoms with Crippen LogP contribution in [0.1, 0.15) is 15.9 Å². The van der Waals surface area contributed by atoms with Crippen LogP contribution in [0, 0.1) is 5.82 Å². The molecule has 1 atom stereocenters. The van der Waals surface area contributed by atoms with Crippen molar-refractivity contribution in [3.05, 3.63) is 70.5 Å². The van der Waals surface area contributed by atoms with Gasteiger partial charge in [-0.05, 0) is 30.2 Å². The van der Waals surface area contributed by atoms with Crippen molar-refractivity contribution in [1.29, 1.82) is 0 Å². The summed E-state index contributed by atoms with van der Waals surface area (Å²) in [6.45, 7) is 0. The van der Waals surface area contributed by atoms with E-state index in [4.69, 9.17) is 23.2 Å². The van der Waals surface area contributed by atoms with E-state index in [0.29, 0.717) is 6.42 Å². The highest BCUT2D eigenvalue weighted by atomic mass is 35.5. The molecule has 1 unspecified atom stereocenters. The van der Waals surface area contributed by atoms with Gasteiger partial charge in [0.1, 0.15) is 5.82 Å². The minimum absolute atomic E-state index is 0.0838. The molecule has 0 aliphatic rings. The van der Waals surface area contributed by atoms with E-state index < -0.39 is 5.82 Å². The number of carbonyl (C=O) groups excluding carboxylic acids is 1. The first-order valence-corrected chi connectivity index (χ1v) is 7.37. The second kappa shape index (κ2) is 7.43. The quantitative estimate of drug-likeness (QED) is 0.825. The molecule has 2 rings (SSSR count). The average molecular weight is 326 g/mol. The van der Waals surface area contributed by atoms with E-state index in [0.717, 1.165) is 11.6 Å². The van der Waals surface area contributed by atoms with Gasteiger partial charge in [0.15, 0.2) is 0 Å². The Morgan fingerprint density at radius 3 is 2.52 bits per heavy atom. The van der Waals surface area contributed by atoms with Crippen molar-refractivity contribution in [2.75, 3.05) is 5.88 Å². The zero-order chi connectivity index (χ0) is 15.2. The summed E-state index contributed by atoms with van der Waals surface area (Å²) >= 11 is 11.8. The van der Waals surface area contributed by atoms with Crippen LogP contribution in [0.15, 0.2) is 48.5 Å². The molecule has 0 heterocycles. The molecule has 0 radical (unpaired) electrons. The van der Waals surface area contributed by atoms with Gasteiger partial charge >= 0.3 is 0 Å². The van der Waals surface area contributed by atoms with Crippen LogP contribution in [0.5, 0.6) is 0 Å². The highest BCUT2D eigenvalue weighted by Crippen LogP contribution is 2.17. The Hall–Kier alpha value is -1.58. The second-order valence-electron chi connectivity index (χ2n) is 4.64. The van der Waals surface area contributed by atoms with Gasteiger partial charge in [0.2, 0.25) is 0 Å². The standard InChI is InChI=1S/C16H14Cl2FNO/c17-10-13(8-11-4-2-1-3-5-11)20-16(21)14-7-6-12(19)9-15(14)18/h1-7,9,13H,8,10H2,(H,20,21). The number of alkyl halides is 1. The van der Waals surface area contributed by atoms with Gasteiger partial charge in [0.25, 0.3) is 5.91 Å². The van der Waals surface area contributed by atoms with E-state index in [2.05, 4.69) is 5.32 Å². The molecule has 0 aromatic heterocycles. The van der Waals surface area contributed by atoms with Crippen molar-refractivity contribution in [3.8, 4) is 0 Å². The van der Waals surface area contributed by atoms with Crippen molar-refractivity contribution in [3.63, 3.8) is 0 Å². The second-order valence-corrected chi connectivity index (χ2v) is 5.35. The van der Waals surface area contributed by atoms with Gasteiger partial charge < -0.3 is 5.32 Å². The molecule has 2 nitrogen and oxygen atoms in total. The molecule has 2 aromatic carbocycles. The van der Waals surface area contributed by atoms with E-state index in [-0.39, 0.29) is 28.4 Å². The monoisotopic (exact) mass is 325 g/mol. The first kappa shape index (κ1) is 15.8. The molecular weight excluding hydrogens is 312 g/mol. The molecule has 1 N–H and O–H groups in total. The number of amides is 1. The van der Waals surface area contributed by atoms with Crippen molar-refractivity contribution in [1.82, 2.24) is 5.32 Å². The summed E-state index contributed by atoms with van der Waals surface area (Å²) in [7, 11) is 0. The lowest BCUT2D eigenvalue weighted by Gasteiger charge is -2.16. The molecule has 2 aromatic rings. The Morgan fingerprint density at radius 1 is 1.19 bits per heavy atom. The Bertz CT molecular complexity index is 619. The Balaban J connectivity index is 2.06. The lowest BCUT2D eigenvalue weighted by atomic mass is 10.1. The number of benzene rings is 2. The molecule has 5 heteroatoms. The maximum atomic E-state index is 13.0. The normalized spacial score (nSPS) is 12.0. The number of nitrogens with one attached hydrogen (secondary N) is 1. The van der Waals surface area contributed by atoms with Crippen LogP contribution in [0.2, 0.25) is 5.02 Å². The molecule has 1 amide bonds. The first-order valence-electron chi connectivity index (χ1n) is 6.46. The summed E-state index contributed by atoms with van der Waals surface area (Å²) in [5, 5.41) is 2.90. The van der Waals surface area contributed by atoms with Gasteiger partial charge in [-0.25, -0.2) is 4.39 Å². The van der Waals surface area contributed by atoms with Gasteiger partial charge in [0, 0.05) is 11.9 Å². The fraction of sp³-hybridized carbons (Fsp3) is 0.188. The molecule has 0 fully saturated rings. The maximum absolute atomic E-state index is 13.0.